The molecule has 3 aromatic rings. The van der Waals surface area contributed by atoms with E-state index in [1.165, 1.54) is 12.1 Å². The number of benzene rings is 2. The van der Waals surface area contributed by atoms with Gasteiger partial charge >= 0.3 is 0 Å². The van der Waals surface area contributed by atoms with Crippen LogP contribution in [0.2, 0.25) is 10.0 Å². The smallest absolute Gasteiger partial charge is 0.272 e. The fourth-order valence-corrected chi connectivity index (χ4v) is 3.86. The topological polar surface area (TPSA) is 85.6 Å². The molecule has 0 saturated carbocycles. The molecule has 0 aliphatic carbocycles. The number of ether oxygens (including phenoxy) is 1. The summed E-state index contributed by atoms with van der Waals surface area (Å²) in [5.41, 5.74) is 2.27. The number of non-ortho nitro benzene ring substituents is 1. The largest absolute Gasteiger partial charge is 0.454 e. The maximum absolute atomic E-state index is 12.9. The summed E-state index contributed by atoms with van der Waals surface area (Å²) in [7, 11) is 0. The molecule has 30 heavy (non-hydrogen) atoms. The Morgan fingerprint density at radius 2 is 1.80 bits per heavy atom. The van der Waals surface area contributed by atoms with Crippen LogP contribution in [0.1, 0.15) is 21.5 Å². The first-order valence-electron chi connectivity index (χ1n) is 9.05. The fraction of sp³-hybridized carbons (Fsp3) is 0.143. The van der Waals surface area contributed by atoms with Crippen molar-refractivity contribution in [2.75, 3.05) is 6.54 Å². The molecular weight excluding hydrogens is 429 g/mol. The molecular formula is C21H15Cl2N3O4. The third-order valence-electron chi connectivity index (χ3n) is 4.78. The highest BCUT2D eigenvalue weighted by Gasteiger charge is 2.25. The van der Waals surface area contributed by atoms with Gasteiger partial charge in [-0.3, -0.25) is 19.9 Å². The summed E-state index contributed by atoms with van der Waals surface area (Å²) in [4.78, 5) is 29.0. The third kappa shape index (κ3) is 4.08. The van der Waals surface area contributed by atoms with Gasteiger partial charge in [0.1, 0.15) is 5.75 Å². The standard InChI is InChI=1S/C21H15Cl2N3O4/c22-18-10-15(26(28)29)11-19(23)20(18)30-16-1-2-17-14(9-16)5-8-25(21(17)27)12-13-3-6-24-7-4-13/h1-4,6-7,9-11H,5,8,12H2. The predicted octanol–water partition coefficient (Wildman–Crippen LogP) is 5.29. The van der Waals surface area contributed by atoms with E-state index < -0.39 is 4.92 Å². The molecule has 0 N–H and O–H groups in total. The average Bonchev–Trinajstić information content (AvgIpc) is 2.73. The van der Waals surface area contributed by atoms with E-state index >= 15 is 0 Å². The van der Waals surface area contributed by atoms with Crippen LogP contribution in [-0.2, 0) is 13.0 Å². The van der Waals surface area contributed by atoms with E-state index in [0.29, 0.717) is 30.8 Å². The maximum Gasteiger partial charge on any atom is 0.272 e. The van der Waals surface area contributed by atoms with Gasteiger partial charge < -0.3 is 9.64 Å². The predicted molar refractivity (Wildman–Crippen MR) is 112 cm³/mol. The zero-order valence-electron chi connectivity index (χ0n) is 15.5. The van der Waals surface area contributed by atoms with Crippen LogP contribution in [0, 0.1) is 10.1 Å². The summed E-state index contributed by atoms with van der Waals surface area (Å²) in [6, 6.07) is 11.3. The number of hydrogen-bond acceptors (Lipinski definition) is 5. The van der Waals surface area contributed by atoms with Crippen molar-refractivity contribution < 1.29 is 14.5 Å². The molecule has 0 fully saturated rings. The lowest BCUT2D eigenvalue weighted by atomic mass is 9.98. The average molecular weight is 444 g/mol. The van der Waals surface area contributed by atoms with Crippen molar-refractivity contribution >= 4 is 34.8 Å². The van der Waals surface area contributed by atoms with Crippen LogP contribution in [-0.4, -0.2) is 27.3 Å². The summed E-state index contributed by atoms with van der Waals surface area (Å²) >= 11 is 12.2. The minimum Gasteiger partial charge on any atom is -0.454 e. The summed E-state index contributed by atoms with van der Waals surface area (Å²) in [5.74, 6) is 0.526. The number of nitro benzene ring substituents is 1. The molecule has 4 rings (SSSR count). The first kappa shape index (κ1) is 20.1. The maximum atomic E-state index is 12.9. The highest BCUT2D eigenvalue weighted by Crippen LogP contribution is 2.40. The van der Waals surface area contributed by atoms with Gasteiger partial charge in [0.15, 0.2) is 5.75 Å². The number of fused-ring (bicyclic) bond motifs is 1. The third-order valence-corrected chi connectivity index (χ3v) is 5.34. The number of halogens is 2. The molecule has 152 valence electrons. The number of hydrogen-bond donors (Lipinski definition) is 0. The molecule has 0 radical (unpaired) electrons. The van der Waals surface area contributed by atoms with Crippen LogP contribution in [0.15, 0.2) is 54.9 Å². The van der Waals surface area contributed by atoms with Gasteiger partial charge in [0, 0.05) is 43.2 Å². The highest BCUT2D eigenvalue weighted by molar-refractivity contribution is 6.37. The van der Waals surface area contributed by atoms with Crippen LogP contribution in [0.4, 0.5) is 5.69 Å². The zero-order chi connectivity index (χ0) is 21.3. The highest BCUT2D eigenvalue weighted by atomic mass is 35.5. The van der Waals surface area contributed by atoms with Gasteiger partial charge in [-0.05, 0) is 47.9 Å². The lowest BCUT2D eigenvalue weighted by molar-refractivity contribution is -0.384. The van der Waals surface area contributed by atoms with Gasteiger partial charge in [0.05, 0.1) is 15.0 Å². The van der Waals surface area contributed by atoms with Gasteiger partial charge in [-0.1, -0.05) is 23.2 Å². The van der Waals surface area contributed by atoms with Crippen LogP contribution < -0.4 is 4.74 Å². The molecule has 0 saturated heterocycles. The van der Waals surface area contributed by atoms with Crippen molar-refractivity contribution in [3.63, 3.8) is 0 Å². The minimum atomic E-state index is -0.580. The van der Waals surface area contributed by atoms with Gasteiger partial charge in [-0.25, -0.2) is 0 Å². The van der Waals surface area contributed by atoms with Crippen LogP contribution in [0.5, 0.6) is 11.5 Å². The fourth-order valence-electron chi connectivity index (χ4n) is 3.30. The Hall–Kier alpha value is -3.16. The van der Waals surface area contributed by atoms with Crippen LogP contribution >= 0.6 is 23.2 Å². The van der Waals surface area contributed by atoms with E-state index in [1.54, 1.807) is 35.5 Å². The van der Waals surface area contributed by atoms with E-state index in [2.05, 4.69) is 4.98 Å². The Kier molecular flexibility index (Phi) is 5.57. The van der Waals surface area contributed by atoms with Crippen LogP contribution in [0.3, 0.4) is 0 Å². The van der Waals surface area contributed by atoms with E-state index in [-0.39, 0.29) is 27.4 Å². The molecule has 2 aromatic carbocycles. The number of carbonyl (C=O) groups is 1. The molecule has 0 unspecified atom stereocenters. The summed E-state index contributed by atoms with van der Waals surface area (Å²) in [5, 5.41) is 11.0. The zero-order valence-corrected chi connectivity index (χ0v) is 17.1. The summed E-state index contributed by atoms with van der Waals surface area (Å²) in [6.45, 7) is 1.10. The van der Waals surface area contributed by atoms with Crippen LogP contribution in [0.25, 0.3) is 0 Å². The monoisotopic (exact) mass is 443 g/mol. The molecule has 1 aliphatic rings. The van der Waals surface area contributed by atoms with Crippen molar-refractivity contribution in [3.05, 3.63) is 91.7 Å². The number of pyridine rings is 1. The Morgan fingerprint density at radius 3 is 2.47 bits per heavy atom. The van der Waals surface area contributed by atoms with E-state index in [0.717, 1.165) is 11.1 Å². The van der Waals surface area contributed by atoms with Gasteiger partial charge in [-0.2, -0.15) is 0 Å². The second kappa shape index (κ2) is 8.30. The van der Waals surface area contributed by atoms with Crippen molar-refractivity contribution in [3.8, 4) is 11.5 Å². The number of rotatable bonds is 5. The second-order valence-electron chi connectivity index (χ2n) is 6.75. The molecule has 1 aromatic heterocycles. The molecule has 7 nitrogen and oxygen atoms in total. The SMILES string of the molecule is O=C1c2ccc(Oc3c(Cl)cc([N+](=O)[O-])cc3Cl)cc2CCN1Cc1ccncc1. The Morgan fingerprint density at radius 1 is 1.10 bits per heavy atom. The van der Waals surface area contributed by atoms with E-state index in [4.69, 9.17) is 27.9 Å². The molecule has 1 aliphatic heterocycles. The van der Waals surface area contributed by atoms with E-state index in [9.17, 15) is 14.9 Å². The lowest BCUT2D eigenvalue weighted by Gasteiger charge is -2.29. The number of nitro groups is 1. The van der Waals surface area contributed by atoms with Crippen molar-refractivity contribution in [1.29, 1.82) is 0 Å². The number of amides is 1. The Labute approximate surface area is 182 Å². The Bertz CT molecular complexity index is 1120. The van der Waals surface area contributed by atoms with Gasteiger partial charge in [-0.15, -0.1) is 0 Å². The van der Waals surface area contributed by atoms with Crippen molar-refractivity contribution in [2.45, 2.75) is 13.0 Å². The first-order chi connectivity index (χ1) is 14.4. The van der Waals surface area contributed by atoms with Gasteiger partial charge in [0.25, 0.3) is 11.6 Å². The summed E-state index contributed by atoms with van der Waals surface area (Å²) < 4.78 is 5.78. The second-order valence-corrected chi connectivity index (χ2v) is 7.56. The van der Waals surface area contributed by atoms with Gasteiger partial charge in [0.2, 0.25) is 0 Å². The lowest BCUT2D eigenvalue weighted by Crippen LogP contribution is -2.37. The molecule has 9 heteroatoms. The Balaban J connectivity index is 1.55. The number of nitrogens with zero attached hydrogens (tertiary/aromatic N) is 3. The molecule has 0 bridgehead atoms. The first-order valence-corrected chi connectivity index (χ1v) is 9.80. The quantitative estimate of drug-likeness (QED) is 0.395. The minimum absolute atomic E-state index is 0.0338. The molecule has 0 atom stereocenters. The van der Waals surface area contributed by atoms with E-state index in [1.807, 2.05) is 12.1 Å². The molecule has 2 heterocycles. The number of carbonyl (C=O) groups excluding carboxylic acids is 1. The molecule has 1 amide bonds. The number of aromatic nitrogens is 1. The normalized spacial score (nSPS) is 13.1. The molecule has 0 spiro atoms. The van der Waals surface area contributed by atoms with Crippen molar-refractivity contribution in [1.82, 2.24) is 9.88 Å². The van der Waals surface area contributed by atoms with Crippen molar-refractivity contribution in [2.24, 2.45) is 0 Å². The summed E-state index contributed by atoms with van der Waals surface area (Å²) in [6.07, 6.45) is 4.08.